The van der Waals surface area contributed by atoms with Crippen molar-refractivity contribution >= 4 is 29.3 Å². The molecule has 1 aromatic rings. The standard InChI is InChI=1S/C14H18N2O4S/c1-10-15-11(9-21-10)2-3-13(17)16(8-14(18)19)12-4-6-20-7-5-12/h2-3,9,12H,4-8H2,1H3,(H,18,19)/b3-2+. The Morgan fingerprint density at radius 1 is 1.52 bits per heavy atom. The summed E-state index contributed by atoms with van der Waals surface area (Å²) in [5, 5.41) is 11.8. The minimum absolute atomic E-state index is 0.0795. The van der Waals surface area contributed by atoms with Crippen LogP contribution in [0.4, 0.5) is 0 Å². The first-order valence-electron chi connectivity index (χ1n) is 6.76. The third kappa shape index (κ3) is 4.64. The van der Waals surface area contributed by atoms with Gasteiger partial charge in [0.15, 0.2) is 0 Å². The van der Waals surface area contributed by atoms with Gasteiger partial charge in [-0.05, 0) is 25.8 Å². The number of aliphatic carboxylic acids is 1. The molecule has 0 bridgehead atoms. The maximum absolute atomic E-state index is 12.3. The second kappa shape index (κ2) is 7.33. The van der Waals surface area contributed by atoms with Crippen LogP contribution in [0.25, 0.3) is 6.08 Å². The molecule has 0 unspecified atom stereocenters. The number of carbonyl (C=O) groups excluding carboxylic acids is 1. The smallest absolute Gasteiger partial charge is 0.323 e. The van der Waals surface area contributed by atoms with Crippen molar-refractivity contribution in [1.29, 1.82) is 0 Å². The van der Waals surface area contributed by atoms with E-state index in [-0.39, 0.29) is 18.5 Å². The number of carboxylic acid groups (broad SMARTS) is 1. The number of carboxylic acids is 1. The van der Waals surface area contributed by atoms with E-state index in [0.29, 0.717) is 31.7 Å². The van der Waals surface area contributed by atoms with E-state index in [1.165, 1.54) is 22.3 Å². The molecule has 21 heavy (non-hydrogen) atoms. The van der Waals surface area contributed by atoms with Crippen LogP contribution in [0.3, 0.4) is 0 Å². The highest BCUT2D eigenvalue weighted by Crippen LogP contribution is 2.16. The van der Waals surface area contributed by atoms with E-state index in [2.05, 4.69) is 4.98 Å². The Morgan fingerprint density at radius 3 is 2.81 bits per heavy atom. The van der Waals surface area contributed by atoms with Crippen LogP contribution in [-0.4, -0.2) is 52.7 Å². The summed E-state index contributed by atoms with van der Waals surface area (Å²) < 4.78 is 5.25. The molecule has 0 aromatic carbocycles. The summed E-state index contributed by atoms with van der Waals surface area (Å²) in [5.41, 5.74) is 0.716. The highest BCUT2D eigenvalue weighted by atomic mass is 32.1. The van der Waals surface area contributed by atoms with Crippen LogP contribution in [-0.2, 0) is 14.3 Å². The molecule has 0 spiro atoms. The van der Waals surface area contributed by atoms with Gasteiger partial charge in [0.05, 0.1) is 10.7 Å². The van der Waals surface area contributed by atoms with Gasteiger partial charge in [0.1, 0.15) is 6.54 Å². The molecule has 114 valence electrons. The maximum atomic E-state index is 12.3. The van der Waals surface area contributed by atoms with Crippen molar-refractivity contribution in [3.63, 3.8) is 0 Å². The second-order valence-electron chi connectivity index (χ2n) is 4.83. The summed E-state index contributed by atoms with van der Waals surface area (Å²) in [6.07, 6.45) is 4.36. The van der Waals surface area contributed by atoms with Gasteiger partial charge >= 0.3 is 5.97 Å². The predicted octanol–water partition coefficient (Wildman–Crippen LogP) is 1.56. The van der Waals surface area contributed by atoms with E-state index in [1.54, 1.807) is 6.08 Å². The number of ether oxygens (including phenoxy) is 1. The lowest BCUT2D eigenvalue weighted by Crippen LogP contribution is -2.45. The SMILES string of the molecule is Cc1nc(/C=C/C(=O)N(CC(=O)O)C2CCOCC2)cs1. The molecule has 7 heteroatoms. The summed E-state index contributed by atoms with van der Waals surface area (Å²) in [5.74, 6) is -1.30. The first-order chi connectivity index (χ1) is 10.1. The van der Waals surface area contributed by atoms with Crippen molar-refractivity contribution < 1.29 is 19.4 Å². The van der Waals surface area contributed by atoms with Crippen LogP contribution in [0.5, 0.6) is 0 Å². The summed E-state index contributed by atoms with van der Waals surface area (Å²) in [6, 6.07) is -0.0795. The van der Waals surface area contributed by atoms with Gasteiger partial charge in [-0.2, -0.15) is 0 Å². The van der Waals surface area contributed by atoms with Crippen molar-refractivity contribution in [3.8, 4) is 0 Å². The number of amides is 1. The van der Waals surface area contributed by atoms with Crippen LogP contribution in [0.15, 0.2) is 11.5 Å². The lowest BCUT2D eigenvalue weighted by molar-refractivity contribution is -0.145. The molecule has 1 aromatic heterocycles. The first-order valence-corrected chi connectivity index (χ1v) is 7.64. The second-order valence-corrected chi connectivity index (χ2v) is 5.89. The average Bonchev–Trinajstić information content (AvgIpc) is 2.88. The molecular weight excluding hydrogens is 292 g/mol. The zero-order chi connectivity index (χ0) is 15.2. The van der Waals surface area contributed by atoms with Crippen molar-refractivity contribution in [2.45, 2.75) is 25.8 Å². The molecule has 0 aliphatic carbocycles. The highest BCUT2D eigenvalue weighted by molar-refractivity contribution is 7.09. The van der Waals surface area contributed by atoms with Gasteiger partial charge in [0.25, 0.3) is 0 Å². The number of thiazole rings is 1. The molecule has 0 atom stereocenters. The number of hydrogen-bond acceptors (Lipinski definition) is 5. The fraction of sp³-hybridized carbons (Fsp3) is 0.500. The molecular formula is C14H18N2O4S. The Kier molecular flexibility index (Phi) is 5.46. The lowest BCUT2D eigenvalue weighted by Gasteiger charge is -2.32. The molecule has 1 fully saturated rings. The number of aromatic nitrogens is 1. The zero-order valence-corrected chi connectivity index (χ0v) is 12.6. The van der Waals surface area contributed by atoms with E-state index in [4.69, 9.17) is 9.84 Å². The molecule has 1 N–H and O–H groups in total. The van der Waals surface area contributed by atoms with E-state index >= 15 is 0 Å². The highest BCUT2D eigenvalue weighted by Gasteiger charge is 2.26. The van der Waals surface area contributed by atoms with E-state index < -0.39 is 5.97 Å². The number of carbonyl (C=O) groups is 2. The Balaban J connectivity index is 2.05. The lowest BCUT2D eigenvalue weighted by atomic mass is 10.1. The van der Waals surface area contributed by atoms with E-state index in [1.807, 2.05) is 12.3 Å². The number of aryl methyl sites for hydroxylation is 1. The van der Waals surface area contributed by atoms with Gasteiger partial charge in [-0.15, -0.1) is 11.3 Å². The molecule has 0 radical (unpaired) electrons. The fourth-order valence-corrected chi connectivity index (χ4v) is 2.82. The van der Waals surface area contributed by atoms with Crippen LogP contribution in [0.1, 0.15) is 23.5 Å². The van der Waals surface area contributed by atoms with Gasteiger partial charge in [-0.3, -0.25) is 9.59 Å². The first kappa shape index (κ1) is 15.7. The topological polar surface area (TPSA) is 79.7 Å². The van der Waals surface area contributed by atoms with Crippen LogP contribution >= 0.6 is 11.3 Å². The molecule has 6 nitrogen and oxygen atoms in total. The molecule has 1 aliphatic heterocycles. The monoisotopic (exact) mass is 310 g/mol. The van der Waals surface area contributed by atoms with Crippen LogP contribution in [0.2, 0.25) is 0 Å². The number of nitrogens with zero attached hydrogens (tertiary/aromatic N) is 2. The molecule has 2 heterocycles. The number of hydrogen-bond donors (Lipinski definition) is 1. The van der Waals surface area contributed by atoms with Crippen molar-refractivity contribution in [1.82, 2.24) is 9.88 Å². The third-order valence-electron chi connectivity index (χ3n) is 3.25. The van der Waals surface area contributed by atoms with Gasteiger partial charge in [0, 0.05) is 30.7 Å². The van der Waals surface area contributed by atoms with Gasteiger partial charge in [-0.1, -0.05) is 0 Å². The average molecular weight is 310 g/mol. The predicted molar refractivity (Wildman–Crippen MR) is 79.1 cm³/mol. The Hall–Kier alpha value is -1.73. The largest absolute Gasteiger partial charge is 0.480 e. The molecule has 1 saturated heterocycles. The molecule has 0 saturated carbocycles. The number of rotatable bonds is 5. The van der Waals surface area contributed by atoms with Crippen molar-refractivity contribution in [3.05, 3.63) is 22.2 Å². The summed E-state index contributed by atoms with van der Waals surface area (Å²) in [6.45, 7) is 2.72. The quantitative estimate of drug-likeness (QED) is 0.835. The minimum atomic E-state index is -1.01. The normalized spacial score (nSPS) is 16.2. The molecule has 1 amide bonds. The minimum Gasteiger partial charge on any atom is -0.480 e. The fourth-order valence-electron chi connectivity index (χ4n) is 2.24. The third-order valence-corrected chi connectivity index (χ3v) is 4.05. The van der Waals surface area contributed by atoms with E-state index in [9.17, 15) is 9.59 Å². The molecule has 2 rings (SSSR count). The Bertz CT molecular complexity index is 535. The zero-order valence-electron chi connectivity index (χ0n) is 11.8. The Labute approximate surface area is 127 Å². The summed E-state index contributed by atoms with van der Waals surface area (Å²) >= 11 is 1.51. The van der Waals surface area contributed by atoms with Gasteiger partial charge in [-0.25, -0.2) is 4.98 Å². The molecule has 1 aliphatic rings. The van der Waals surface area contributed by atoms with Gasteiger partial charge < -0.3 is 14.7 Å². The van der Waals surface area contributed by atoms with Crippen LogP contribution < -0.4 is 0 Å². The summed E-state index contributed by atoms with van der Waals surface area (Å²) in [7, 11) is 0. The maximum Gasteiger partial charge on any atom is 0.323 e. The van der Waals surface area contributed by atoms with Crippen molar-refractivity contribution in [2.24, 2.45) is 0 Å². The Morgan fingerprint density at radius 2 is 2.24 bits per heavy atom. The summed E-state index contributed by atoms with van der Waals surface area (Å²) in [4.78, 5) is 28.9. The van der Waals surface area contributed by atoms with Crippen LogP contribution in [0, 0.1) is 6.92 Å². The van der Waals surface area contributed by atoms with E-state index in [0.717, 1.165) is 5.01 Å². The van der Waals surface area contributed by atoms with Gasteiger partial charge in [0.2, 0.25) is 5.91 Å². The van der Waals surface area contributed by atoms with Crippen molar-refractivity contribution in [2.75, 3.05) is 19.8 Å².